The summed E-state index contributed by atoms with van der Waals surface area (Å²) in [7, 11) is 0. The van der Waals surface area contributed by atoms with E-state index in [9.17, 15) is 18.0 Å². The predicted octanol–water partition coefficient (Wildman–Crippen LogP) is 3.98. The van der Waals surface area contributed by atoms with Crippen molar-refractivity contribution in [3.05, 3.63) is 42.2 Å². The number of hydrogen-bond acceptors (Lipinski definition) is 8. The molecule has 3 rings (SSSR count). The van der Waals surface area contributed by atoms with Gasteiger partial charge in [0.1, 0.15) is 23.9 Å². The number of amides is 1. The van der Waals surface area contributed by atoms with Gasteiger partial charge in [-0.3, -0.25) is 4.79 Å². The van der Waals surface area contributed by atoms with E-state index in [-0.39, 0.29) is 11.5 Å². The highest BCUT2D eigenvalue weighted by Crippen LogP contribution is 2.30. The lowest BCUT2D eigenvalue weighted by molar-refractivity contribution is -0.150. The zero-order valence-electron chi connectivity index (χ0n) is 17.2. The summed E-state index contributed by atoms with van der Waals surface area (Å²) in [4.78, 5) is 23.3. The Hall–Kier alpha value is -3.28. The van der Waals surface area contributed by atoms with Crippen LogP contribution in [-0.2, 0) is 4.79 Å². The van der Waals surface area contributed by atoms with Gasteiger partial charge in [0, 0.05) is 35.5 Å². The maximum atomic E-state index is 12.3. The molecule has 2 heterocycles. The maximum Gasteiger partial charge on any atom is 0.397 e. The number of carbonyl (C=O) groups excluding carboxylic acids is 1. The number of carbonyl (C=O) groups is 1. The van der Waals surface area contributed by atoms with Gasteiger partial charge < -0.3 is 26.7 Å². The van der Waals surface area contributed by atoms with Crippen LogP contribution in [0, 0.1) is 5.41 Å². The lowest BCUT2D eigenvalue weighted by Crippen LogP contribution is -2.37. The summed E-state index contributed by atoms with van der Waals surface area (Å²) in [5.74, 6) is 0.382. The van der Waals surface area contributed by atoms with Crippen LogP contribution in [-0.4, -0.2) is 40.9 Å². The average Bonchev–Trinajstić information content (AvgIpc) is 2.59. The molecule has 1 aromatic carbocycles. The fourth-order valence-corrected chi connectivity index (χ4v) is 3.51. The highest BCUT2D eigenvalue weighted by atomic mass is 32.2. The van der Waals surface area contributed by atoms with Gasteiger partial charge in [0.05, 0.1) is 0 Å². The number of alkyl halides is 3. The highest BCUT2D eigenvalue weighted by Gasteiger charge is 2.31. The van der Waals surface area contributed by atoms with Crippen LogP contribution in [0.4, 0.5) is 30.5 Å². The molecule has 5 N–H and O–H groups in total. The molecule has 0 spiro atoms. The van der Waals surface area contributed by atoms with Gasteiger partial charge in [0.25, 0.3) is 0 Å². The Kier molecular flexibility index (Phi) is 7.23. The predicted molar refractivity (Wildman–Crippen MR) is 118 cm³/mol. The Labute approximate surface area is 187 Å². The number of anilines is 3. The minimum atomic E-state index is -4.56. The van der Waals surface area contributed by atoms with E-state index in [2.05, 4.69) is 25.5 Å². The summed E-state index contributed by atoms with van der Waals surface area (Å²) < 4.78 is 36.9. The molecule has 1 aromatic heterocycles. The van der Waals surface area contributed by atoms with E-state index in [1.165, 1.54) is 30.0 Å². The normalized spacial score (nSPS) is 14.0. The van der Waals surface area contributed by atoms with Gasteiger partial charge in [0.15, 0.2) is 5.16 Å². The zero-order chi connectivity index (χ0) is 23.3. The molecule has 8 nitrogen and oxygen atoms in total. The molecule has 32 heavy (non-hydrogen) atoms. The number of nitrogens with two attached hydrogens (primary N) is 1. The molecule has 1 amide bonds. The molecule has 1 saturated heterocycles. The van der Waals surface area contributed by atoms with Crippen molar-refractivity contribution >= 4 is 40.7 Å². The second kappa shape index (κ2) is 9.90. The number of nitrogens with one attached hydrogen (secondary N) is 3. The van der Waals surface area contributed by atoms with Crippen LogP contribution in [0.25, 0.3) is 0 Å². The lowest BCUT2D eigenvalue weighted by Gasteiger charge is -2.32. The second-order valence-corrected chi connectivity index (χ2v) is 8.15. The lowest BCUT2D eigenvalue weighted by atomic mass is 10.2. The largest absolute Gasteiger partial charge is 0.397 e. The van der Waals surface area contributed by atoms with E-state index in [0.717, 1.165) is 30.2 Å². The van der Waals surface area contributed by atoms with Gasteiger partial charge in [-0.1, -0.05) is 0 Å². The molecule has 0 atom stereocenters. The van der Waals surface area contributed by atoms with E-state index in [1.807, 2.05) is 0 Å². The van der Waals surface area contributed by atoms with Crippen LogP contribution in [0.1, 0.15) is 19.8 Å². The van der Waals surface area contributed by atoms with Gasteiger partial charge in [-0.05, 0) is 55.4 Å². The third kappa shape index (κ3) is 7.15. The summed E-state index contributed by atoms with van der Waals surface area (Å²) >= 11 is 1.26. The first-order valence-corrected chi connectivity index (χ1v) is 10.5. The van der Waals surface area contributed by atoms with Gasteiger partial charge in [-0.2, -0.15) is 13.2 Å². The van der Waals surface area contributed by atoms with Crippen molar-refractivity contribution in [1.82, 2.24) is 9.97 Å². The molecule has 12 heteroatoms. The van der Waals surface area contributed by atoms with Crippen molar-refractivity contribution < 1.29 is 18.0 Å². The summed E-state index contributed by atoms with van der Waals surface area (Å²) in [5, 5.41) is 13.1. The SMILES string of the molecule is CC(=N)/C=C(\N)Nc1cc(N2CCC2)nc(Sc2ccc(NC(=O)CC(F)(F)F)cc2)n1. The quantitative estimate of drug-likeness (QED) is 0.344. The van der Waals surface area contributed by atoms with Gasteiger partial charge in [-0.15, -0.1) is 0 Å². The smallest absolute Gasteiger partial charge is 0.385 e. The third-order valence-electron chi connectivity index (χ3n) is 4.22. The summed E-state index contributed by atoms with van der Waals surface area (Å²) in [5.41, 5.74) is 6.46. The Morgan fingerprint density at radius 2 is 1.94 bits per heavy atom. The van der Waals surface area contributed by atoms with Crippen molar-refractivity contribution in [2.45, 2.75) is 36.0 Å². The fraction of sp³-hybridized carbons (Fsp3) is 0.300. The standard InChI is InChI=1S/C20H22F3N7OS/c1-12(24)9-15(25)27-16-10-17(30-7-2-8-30)29-19(28-16)32-14-5-3-13(4-6-14)26-18(31)11-20(21,22)23/h3-6,9-10,24H,2,7-8,11,25H2,1H3,(H,26,31)(H,27,28,29)/b15-9+,24-12?. The first kappa shape index (κ1) is 23.4. The van der Waals surface area contributed by atoms with E-state index < -0.39 is 18.5 Å². The highest BCUT2D eigenvalue weighted by molar-refractivity contribution is 7.99. The first-order chi connectivity index (χ1) is 15.1. The Morgan fingerprint density at radius 1 is 1.25 bits per heavy atom. The van der Waals surface area contributed by atoms with E-state index >= 15 is 0 Å². The van der Waals surface area contributed by atoms with Crippen molar-refractivity contribution in [2.75, 3.05) is 28.6 Å². The number of halogens is 3. The van der Waals surface area contributed by atoms with Crippen molar-refractivity contribution in [3.63, 3.8) is 0 Å². The number of rotatable bonds is 8. The molecule has 170 valence electrons. The second-order valence-electron chi connectivity index (χ2n) is 7.11. The number of allylic oxidation sites excluding steroid dienone is 1. The van der Waals surface area contributed by atoms with Crippen LogP contribution in [0.5, 0.6) is 0 Å². The number of benzene rings is 1. The number of hydrogen-bond donors (Lipinski definition) is 4. The maximum absolute atomic E-state index is 12.3. The van der Waals surface area contributed by atoms with Crippen molar-refractivity contribution in [3.8, 4) is 0 Å². The molecular formula is C20H22F3N7OS. The monoisotopic (exact) mass is 465 g/mol. The van der Waals surface area contributed by atoms with Gasteiger partial charge in [0.2, 0.25) is 5.91 Å². The minimum Gasteiger partial charge on any atom is -0.385 e. The van der Waals surface area contributed by atoms with Crippen LogP contribution < -0.4 is 21.3 Å². The average molecular weight is 466 g/mol. The Balaban J connectivity index is 1.73. The molecule has 2 aromatic rings. The van der Waals surface area contributed by atoms with Crippen LogP contribution >= 0.6 is 11.8 Å². The summed E-state index contributed by atoms with van der Waals surface area (Å²) in [6.07, 6.45) is -3.54. The third-order valence-corrected chi connectivity index (χ3v) is 5.10. The van der Waals surface area contributed by atoms with E-state index in [0.29, 0.717) is 16.7 Å². The molecule has 0 unspecified atom stereocenters. The minimum absolute atomic E-state index is 0.265. The van der Waals surface area contributed by atoms with Crippen LogP contribution in [0.15, 0.2) is 52.3 Å². The molecule has 0 saturated carbocycles. The van der Waals surface area contributed by atoms with Crippen molar-refractivity contribution in [1.29, 1.82) is 5.41 Å². The van der Waals surface area contributed by atoms with Crippen LogP contribution in [0.3, 0.4) is 0 Å². The van der Waals surface area contributed by atoms with Crippen LogP contribution in [0.2, 0.25) is 0 Å². The topological polar surface area (TPSA) is 120 Å². The Bertz CT molecular complexity index is 1020. The molecule has 0 radical (unpaired) electrons. The molecule has 1 fully saturated rings. The molecule has 0 bridgehead atoms. The zero-order valence-corrected chi connectivity index (χ0v) is 18.0. The molecule has 1 aliphatic rings. The van der Waals surface area contributed by atoms with E-state index in [1.54, 1.807) is 25.1 Å². The molecule has 0 aliphatic carbocycles. The van der Waals surface area contributed by atoms with Gasteiger partial charge >= 0.3 is 6.18 Å². The van der Waals surface area contributed by atoms with E-state index in [4.69, 9.17) is 11.1 Å². The van der Waals surface area contributed by atoms with Gasteiger partial charge in [-0.25, -0.2) is 9.97 Å². The summed E-state index contributed by atoms with van der Waals surface area (Å²) in [6, 6.07) is 8.13. The molecule has 1 aliphatic heterocycles. The Morgan fingerprint density at radius 3 is 2.50 bits per heavy atom. The number of aromatic nitrogens is 2. The van der Waals surface area contributed by atoms with Crippen molar-refractivity contribution in [2.24, 2.45) is 5.73 Å². The molecular weight excluding hydrogens is 443 g/mol. The summed E-state index contributed by atoms with van der Waals surface area (Å²) in [6.45, 7) is 3.38. The number of nitrogens with zero attached hydrogens (tertiary/aromatic N) is 3. The fourth-order valence-electron chi connectivity index (χ4n) is 2.75. The first-order valence-electron chi connectivity index (χ1n) is 9.65.